The third-order valence-electron chi connectivity index (χ3n) is 5.41. The van der Waals surface area contributed by atoms with E-state index in [4.69, 9.17) is 18.8 Å². The molecule has 0 saturated carbocycles. The zero-order valence-electron chi connectivity index (χ0n) is 19.3. The second kappa shape index (κ2) is 8.69. The van der Waals surface area contributed by atoms with Crippen molar-refractivity contribution in [3.05, 3.63) is 28.8 Å². The third-order valence-corrected chi connectivity index (χ3v) is 5.41. The number of esters is 1. The molecule has 1 aliphatic rings. The largest absolute Gasteiger partial charge is 0.494 e. The highest BCUT2D eigenvalue weighted by Gasteiger charge is 2.51. The van der Waals surface area contributed by atoms with Gasteiger partial charge in [0.25, 0.3) is 0 Å². The summed E-state index contributed by atoms with van der Waals surface area (Å²) in [7, 11) is -0.618. The van der Waals surface area contributed by atoms with Gasteiger partial charge in [-0.1, -0.05) is 12.1 Å². The summed E-state index contributed by atoms with van der Waals surface area (Å²) in [5.41, 5.74) is 1.37. The van der Waals surface area contributed by atoms with Crippen molar-refractivity contribution in [2.45, 2.75) is 85.2 Å². The maximum atomic E-state index is 11.9. The predicted octanol–water partition coefficient (Wildman–Crippen LogP) is 2.78. The van der Waals surface area contributed by atoms with Crippen LogP contribution in [0.2, 0.25) is 0 Å². The fraction of sp³-hybridized carbons (Fsp3) is 0.636. The maximum Gasteiger partial charge on any atom is 0.494 e. The first-order valence-electron chi connectivity index (χ1n) is 10.1. The molecule has 30 heavy (non-hydrogen) atoms. The molecule has 0 unspecified atom stereocenters. The van der Waals surface area contributed by atoms with Crippen LogP contribution >= 0.6 is 0 Å². The van der Waals surface area contributed by atoms with E-state index in [0.717, 1.165) is 16.6 Å². The summed E-state index contributed by atoms with van der Waals surface area (Å²) in [5.74, 6) is -1.38. The number of aliphatic carboxylic acids is 1. The Balaban J connectivity index is 2.24. The molecule has 1 saturated heterocycles. The lowest BCUT2D eigenvalue weighted by molar-refractivity contribution is -0.160. The summed E-state index contributed by atoms with van der Waals surface area (Å²) in [6, 6.07) is 3.70. The Hall–Kier alpha value is -1.90. The van der Waals surface area contributed by atoms with Crippen molar-refractivity contribution in [2.75, 3.05) is 6.61 Å². The zero-order chi connectivity index (χ0) is 22.9. The summed E-state index contributed by atoms with van der Waals surface area (Å²) in [6.07, 6.45) is -0.127. The van der Waals surface area contributed by atoms with E-state index in [1.807, 2.05) is 46.8 Å². The minimum atomic E-state index is -0.926. The number of hydrogen-bond acceptors (Lipinski definition) is 6. The molecule has 2 rings (SSSR count). The van der Waals surface area contributed by atoms with E-state index in [0.29, 0.717) is 5.56 Å². The number of carbonyl (C=O) groups is 2. The molecular weight excluding hydrogens is 387 g/mol. The monoisotopic (exact) mass is 420 g/mol. The molecule has 0 bridgehead atoms. The molecule has 1 fully saturated rings. The molecular formula is C22H33BO7. The van der Waals surface area contributed by atoms with Crippen LogP contribution in [0.15, 0.2) is 12.1 Å². The molecule has 0 spiro atoms. The number of carboxylic acid groups (broad SMARTS) is 1. The minimum Gasteiger partial charge on any atom is -0.481 e. The van der Waals surface area contributed by atoms with Gasteiger partial charge in [-0.15, -0.1) is 0 Å². The molecule has 0 aliphatic carbocycles. The molecule has 8 heteroatoms. The van der Waals surface area contributed by atoms with Gasteiger partial charge in [-0.2, -0.15) is 0 Å². The third kappa shape index (κ3) is 6.06. The molecule has 1 N–H and O–H groups in total. The van der Waals surface area contributed by atoms with E-state index >= 15 is 0 Å². The van der Waals surface area contributed by atoms with Crippen LogP contribution in [0.3, 0.4) is 0 Å². The molecule has 1 aromatic rings. The van der Waals surface area contributed by atoms with Crippen molar-refractivity contribution >= 4 is 24.5 Å². The van der Waals surface area contributed by atoms with Gasteiger partial charge in [0.1, 0.15) is 12.2 Å². The number of rotatable bonds is 7. The van der Waals surface area contributed by atoms with Gasteiger partial charge in [0.15, 0.2) is 0 Å². The highest BCUT2D eigenvalue weighted by Crippen LogP contribution is 2.36. The van der Waals surface area contributed by atoms with Crippen LogP contribution in [0.5, 0.6) is 0 Å². The highest BCUT2D eigenvalue weighted by atomic mass is 16.7. The van der Waals surface area contributed by atoms with Crippen LogP contribution in [0.1, 0.15) is 65.2 Å². The summed E-state index contributed by atoms with van der Waals surface area (Å²) in [5, 5.41) is 9.31. The van der Waals surface area contributed by atoms with E-state index < -0.39 is 35.9 Å². The van der Waals surface area contributed by atoms with Gasteiger partial charge in [-0.3, -0.25) is 4.79 Å². The average molecular weight is 420 g/mol. The molecule has 166 valence electrons. The number of benzene rings is 1. The smallest absolute Gasteiger partial charge is 0.481 e. The van der Waals surface area contributed by atoms with Crippen LogP contribution in [-0.2, 0) is 41.4 Å². The van der Waals surface area contributed by atoms with Crippen molar-refractivity contribution in [2.24, 2.45) is 0 Å². The summed E-state index contributed by atoms with van der Waals surface area (Å²) >= 11 is 0. The molecule has 1 aromatic carbocycles. The fourth-order valence-corrected chi connectivity index (χ4v) is 3.09. The second-order valence-corrected chi connectivity index (χ2v) is 9.70. The van der Waals surface area contributed by atoms with Gasteiger partial charge >= 0.3 is 19.1 Å². The molecule has 7 nitrogen and oxygen atoms in total. The van der Waals surface area contributed by atoms with E-state index in [9.17, 15) is 14.7 Å². The van der Waals surface area contributed by atoms with E-state index in [-0.39, 0.29) is 19.6 Å². The Morgan fingerprint density at radius 1 is 1.07 bits per heavy atom. The van der Waals surface area contributed by atoms with E-state index in [1.165, 1.54) is 0 Å². The lowest BCUT2D eigenvalue weighted by Crippen LogP contribution is -2.41. The SMILES string of the molecule is Cc1c(COCC(=O)OC(C)(C)C)cc(B2OC(C)(C)C(C)(C)O2)cc1CC(=O)O. The Morgan fingerprint density at radius 2 is 1.60 bits per heavy atom. The van der Waals surface area contributed by atoms with Gasteiger partial charge in [-0.25, -0.2) is 4.79 Å². The Bertz CT molecular complexity index is 792. The minimum absolute atomic E-state index is 0.127. The average Bonchev–Trinajstić information content (AvgIpc) is 2.76. The number of hydrogen-bond donors (Lipinski definition) is 1. The zero-order valence-corrected chi connectivity index (χ0v) is 19.3. The fourth-order valence-electron chi connectivity index (χ4n) is 3.09. The number of carbonyl (C=O) groups excluding carboxylic acids is 1. The maximum absolute atomic E-state index is 11.9. The van der Waals surface area contributed by atoms with E-state index in [2.05, 4.69) is 0 Å². The van der Waals surface area contributed by atoms with Crippen LogP contribution in [0.4, 0.5) is 0 Å². The Labute approximate surface area is 179 Å². The van der Waals surface area contributed by atoms with Gasteiger partial charge in [0.2, 0.25) is 0 Å². The Kier molecular flexibility index (Phi) is 7.06. The molecule has 1 heterocycles. The number of ether oxygens (including phenoxy) is 2. The molecule has 0 aromatic heterocycles. The first-order chi connectivity index (χ1) is 13.6. The quantitative estimate of drug-likeness (QED) is 0.536. The molecule has 0 atom stereocenters. The van der Waals surface area contributed by atoms with Crippen molar-refractivity contribution in [3.8, 4) is 0 Å². The predicted molar refractivity (Wildman–Crippen MR) is 114 cm³/mol. The summed E-state index contributed by atoms with van der Waals surface area (Å²) in [4.78, 5) is 23.3. The van der Waals surface area contributed by atoms with Crippen molar-refractivity contribution in [1.82, 2.24) is 0 Å². The Morgan fingerprint density at radius 3 is 2.10 bits per heavy atom. The molecule has 0 radical (unpaired) electrons. The standard InChI is InChI=1S/C22H33BO7/c1-14-15(11-18(24)25)9-17(23-29-21(5,6)22(7,8)30-23)10-16(14)12-27-13-19(26)28-20(2,3)4/h9-10H,11-13H2,1-8H3,(H,24,25). The topological polar surface area (TPSA) is 91.3 Å². The summed E-state index contributed by atoms with van der Waals surface area (Å²) in [6.45, 7) is 15.0. The normalized spacial score (nSPS) is 17.8. The lowest BCUT2D eigenvalue weighted by Gasteiger charge is -2.32. The van der Waals surface area contributed by atoms with Gasteiger partial charge < -0.3 is 23.9 Å². The van der Waals surface area contributed by atoms with Gasteiger partial charge in [0.05, 0.1) is 24.2 Å². The molecule has 0 amide bonds. The molecule has 1 aliphatic heterocycles. The first-order valence-corrected chi connectivity index (χ1v) is 10.1. The van der Waals surface area contributed by atoms with Gasteiger partial charge in [0, 0.05) is 0 Å². The lowest BCUT2D eigenvalue weighted by atomic mass is 9.76. The van der Waals surface area contributed by atoms with Crippen molar-refractivity contribution < 1.29 is 33.5 Å². The second-order valence-electron chi connectivity index (χ2n) is 9.70. The van der Waals surface area contributed by atoms with Crippen LogP contribution in [0.25, 0.3) is 0 Å². The van der Waals surface area contributed by atoms with Crippen LogP contribution < -0.4 is 5.46 Å². The first kappa shape index (κ1) is 24.4. The van der Waals surface area contributed by atoms with E-state index in [1.54, 1.807) is 20.8 Å². The highest BCUT2D eigenvalue weighted by molar-refractivity contribution is 6.62. The van der Waals surface area contributed by atoms with Crippen molar-refractivity contribution in [3.63, 3.8) is 0 Å². The number of carboxylic acids is 1. The summed E-state index contributed by atoms with van der Waals surface area (Å²) < 4.78 is 23.1. The van der Waals surface area contributed by atoms with Crippen molar-refractivity contribution in [1.29, 1.82) is 0 Å². The van der Waals surface area contributed by atoms with Crippen LogP contribution in [0, 0.1) is 6.92 Å². The van der Waals surface area contributed by atoms with Crippen LogP contribution in [-0.4, -0.2) is 47.6 Å². The van der Waals surface area contributed by atoms with Gasteiger partial charge in [-0.05, 0) is 77.5 Å².